The smallest absolute Gasteiger partial charge is 0.258 e. The van der Waals surface area contributed by atoms with E-state index in [1.807, 2.05) is 12.4 Å². The molecule has 0 saturated heterocycles. The van der Waals surface area contributed by atoms with E-state index < -0.39 is 0 Å². The third kappa shape index (κ3) is 1.35. The van der Waals surface area contributed by atoms with Gasteiger partial charge in [0.15, 0.2) is 0 Å². The summed E-state index contributed by atoms with van der Waals surface area (Å²) < 4.78 is 3.03. The Labute approximate surface area is 84.6 Å². The van der Waals surface area contributed by atoms with E-state index in [1.54, 1.807) is 18.2 Å². The van der Waals surface area contributed by atoms with Crippen LogP contribution in [0.25, 0.3) is 10.2 Å². The zero-order chi connectivity index (χ0) is 10.1. The Balaban J connectivity index is 2.63. The molecule has 72 valence electrons. The number of rotatable bonds is 2. The fraction of sp³-hybridized carbons (Fsp3) is 0.222. The van der Waals surface area contributed by atoms with Crippen molar-refractivity contribution in [2.24, 2.45) is 0 Å². The van der Waals surface area contributed by atoms with Crippen molar-refractivity contribution in [1.29, 1.82) is 0 Å². The predicted molar refractivity (Wildman–Crippen MR) is 54.3 cm³/mol. The van der Waals surface area contributed by atoms with Crippen LogP contribution in [0.1, 0.15) is 6.92 Å². The number of nitrogens with zero attached hydrogens (tertiary/aromatic N) is 2. The minimum atomic E-state index is -0.366. The molecule has 5 heteroatoms. The molecular weight excluding hydrogens is 200 g/mol. The lowest BCUT2D eigenvalue weighted by atomic mass is 10.3. The SMILES string of the molecule is CC[n+]1csc2cc([N+](=O)[O-])ccc21. The molecule has 0 radical (unpaired) electrons. The lowest BCUT2D eigenvalue weighted by Gasteiger charge is -1.89. The van der Waals surface area contributed by atoms with Crippen molar-refractivity contribution in [2.75, 3.05) is 0 Å². The number of hydrogen-bond acceptors (Lipinski definition) is 3. The van der Waals surface area contributed by atoms with Gasteiger partial charge in [0.1, 0.15) is 11.2 Å². The fourth-order valence-electron chi connectivity index (χ4n) is 1.37. The van der Waals surface area contributed by atoms with Crippen molar-refractivity contribution in [1.82, 2.24) is 0 Å². The van der Waals surface area contributed by atoms with E-state index in [0.717, 1.165) is 16.8 Å². The van der Waals surface area contributed by atoms with Crippen LogP contribution in [0, 0.1) is 10.1 Å². The molecule has 0 aliphatic rings. The molecule has 0 aliphatic heterocycles. The Morgan fingerprint density at radius 2 is 2.36 bits per heavy atom. The fourth-order valence-corrected chi connectivity index (χ4v) is 2.37. The van der Waals surface area contributed by atoms with Gasteiger partial charge in [-0.05, 0) is 6.92 Å². The van der Waals surface area contributed by atoms with E-state index in [2.05, 4.69) is 4.57 Å². The van der Waals surface area contributed by atoms with Crippen LogP contribution in [0.2, 0.25) is 0 Å². The average Bonchev–Trinajstić information content (AvgIpc) is 2.59. The van der Waals surface area contributed by atoms with Crippen molar-refractivity contribution in [3.05, 3.63) is 33.8 Å². The van der Waals surface area contributed by atoms with Gasteiger partial charge in [0.05, 0.1) is 4.92 Å². The van der Waals surface area contributed by atoms with Gasteiger partial charge in [-0.1, -0.05) is 11.3 Å². The Morgan fingerprint density at radius 1 is 1.57 bits per heavy atom. The summed E-state index contributed by atoms with van der Waals surface area (Å²) in [5.41, 5.74) is 3.19. The number of non-ortho nitro benzene ring substituents is 1. The molecule has 0 spiro atoms. The maximum absolute atomic E-state index is 10.5. The second kappa shape index (κ2) is 3.34. The van der Waals surface area contributed by atoms with Crippen LogP contribution in [0.3, 0.4) is 0 Å². The predicted octanol–water partition coefficient (Wildman–Crippen LogP) is 2.12. The van der Waals surface area contributed by atoms with E-state index in [1.165, 1.54) is 11.3 Å². The maximum Gasteiger partial charge on any atom is 0.271 e. The topological polar surface area (TPSA) is 47.0 Å². The van der Waals surface area contributed by atoms with E-state index in [9.17, 15) is 10.1 Å². The summed E-state index contributed by atoms with van der Waals surface area (Å²) in [4.78, 5) is 10.2. The Kier molecular flexibility index (Phi) is 2.17. The number of hydrogen-bond donors (Lipinski definition) is 0. The van der Waals surface area contributed by atoms with Gasteiger partial charge in [-0.3, -0.25) is 10.1 Å². The molecular formula is C9H9N2O2S+. The van der Waals surface area contributed by atoms with Crippen LogP contribution in [0.5, 0.6) is 0 Å². The van der Waals surface area contributed by atoms with Crippen LogP contribution in [-0.4, -0.2) is 4.92 Å². The quantitative estimate of drug-likeness (QED) is 0.432. The Bertz CT molecular complexity index is 493. The molecule has 0 unspecified atom stereocenters. The molecule has 14 heavy (non-hydrogen) atoms. The first-order valence-electron chi connectivity index (χ1n) is 4.27. The molecule has 0 fully saturated rings. The molecule has 0 amide bonds. The highest BCUT2D eigenvalue weighted by molar-refractivity contribution is 7.16. The number of aryl methyl sites for hydroxylation is 1. The zero-order valence-electron chi connectivity index (χ0n) is 7.64. The highest BCUT2D eigenvalue weighted by Gasteiger charge is 2.13. The van der Waals surface area contributed by atoms with Crippen molar-refractivity contribution in [3.8, 4) is 0 Å². The van der Waals surface area contributed by atoms with Gasteiger partial charge in [0, 0.05) is 18.2 Å². The molecule has 1 aromatic carbocycles. The van der Waals surface area contributed by atoms with E-state index >= 15 is 0 Å². The highest BCUT2D eigenvalue weighted by atomic mass is 32.1. The number of benzene rings is 1. The summed E-state index contributed by atoms with van der Waals surface area (Å²) in [6.45, 7) is 2.94. The molecule has 0 bridgehead atoms. The second-order valence-corrected chi connectivity index (χ2v) is 3.80. The third-order valence-corrected chi connectivity index (χ3v) is 3.05. The number of thiazole rings is 1. The minimum Gasteiger partial charge on any atom is -0.258 e. The largest absolute Gasteiger partial charge is 0.271 e. The second-order valence-electron chi connectivity index (χ2n) is 2.92. The van der Waals surface area contributed by atoms with Crippen LogP contribution < -0.4 is 4.57 Å². The van der Waals surface area contributed by atoms with Crippen LogP contribution in [0.4, 0.5) is 5.69 Å². The first-order valence-corrected chi connectivity index (χ1v) is 5.15. The molecule has 2 rings (SSSR count). The van der Waals surface area contributed by atoms with Gasteiger partial charge < -0.3 is 0 Å². The van der Waals surface area contributed by atoms with E-state index in [4.69, 9.17) is 0 Å². The van der Waals surface area contributed by atoms with Crippen molar-refractivity contribution < 1.29 is 9.49 Å². The molecule has 4 nitrogen and oxygen atoms in total. The minimum absolute atomic E-state index is 0.155. The first kappa shape index (κ1) is 9.08. The summed E-state index contributed by atoms with van der Waals surface area (Å²) in [7, 11) is 0. The Hall–Kier alpha value is -1.49. The van der Waals surface area contributed by atoms with E-state index in [0.29, 0.717) is 0 Å². The summed E-state index contributed by atoms with van der Waals surface area (Å²) in [6, 6.07) is 4.96. The lowest BCUT2D eigenvalue weighted by molar-refractivity contribution is -0.663. The normalized spacial score (nSPS) is 10.6. The van der Waals surface area contributed by atoms with Crippen LogP contribution in [-0.2, 0) is 6.54 Å². The number of nitro benzene ring substituents is 1. The molecule has 1 aromatic heterocycles. The van der Waals surface area contributed by atoms with Gasteiger partial charge in [0.2, 0.25) is 11.0 Å². The molecule has 1 heterocycles. The Morgan fingerprint density at radius 3 is 3.00 bits per heavy atom. The summed E-state index contributed by atoms with van der Waals surface area (Å²) >= 11 is 1.53. The maximum atomic E-state index is 10.5. The van der Waals surface area contributed by atoms with Crippen molar-refractivity contribution >= 4 is 27.2 Å². The van der Waals surface area contributed by atoms with E-state index in [-0.39, 0.29) is 10.6 Å². The summed E-state index contributed by atoms with van der Waals surface area (Å²) in [6.07, 6.45) is 0. The molecule has 0 aliphatic carbocycles. The van der Waals surface area contributed by atoms with Crippen molar-refractivity contribution in [3.63, 3.8) is 0 Å². The van der Waals surface area contributed by atoms with Gasteiger partial charge in [-0.25, -0.2) is 0 Å². The van der Waals surface area contributed by atoms with Gasteiger partial charge in [-0.2, -0.15) is 4.57 Å². The van der Waals surface area contributed by atoms with Gasteiger partial charge >= 0.3 is 0 Å². The molecule has 0 atom stereocenters. The van der Waals surface area contributed by atoms with Crippen LogP contribution in [0.15, 0.2) is 23.7 Å². The van der Waals surface area contributed by atoms with Crippen molar-refractivity contribution in [2.45, 2.75) is 13.5 Å². The zero-order valence-corrected chi connectivity index (χ0v) is 8.45. The average molecular weight is 209 g/mol. The summed E-state index contributed by atoms with van der Waals surface area (Å²) in [5, 5.41) is 10.5. The number of nitro groups is 1. The number of aromatic nitrogens is 1. The molecule has 2 aromatic rings. The number of fused-ring (bicyclic) bond motifs is 1. The molecule has 0 saturated carbocycles. The van der Waals surface area contributed by atoms with Gasteiger partial charge in [-0.15, -0.1) is 0 Å². The van der Waals surface area contributed by atoms with Crippen LogP contribution >= 0.6 is 11.3 Å². The molecule has 0 N–H and O–H groups in total. The monoisotopic (exact) mass is 209 g/mol. The lowest BCUT2D eigenvalue weighted by Crippen LogP contribution is -2.29. The third-order valence-electron chi connectivity index (χ3n) is 2.11. The first-order chi connectivity index (χ1) is 6.72. The standard InChI is InChI=1S/C9H9N2O2S/c1-2-10-6-14-9-5-7(11(12)13)3-4-8(9)10/h3-6H,2H2,1H3/q+1. The highest BCUT2D eigenvalue weighted by Crippen LogP contribution is 2.21. The summed E-state index contributed by atoms with van der Waals surface area (Å²) in [5.74, 6) is 0. The van der Waals surface area contributed by atoms with Gasteiger partial charge in [0.25, 0.3) is 5.69 Å².